The van der Waals surface area contributed by atoms with Gasteiger partial charge in [0.15, 0.2) is 0 Å². The number of halogens is 1. The van der Waals surface area contributed by atoms with Crippen molar-refractivity contribution in [2.24, 2.45) is 0 Å². The van der Waals surface area contributed by atoms with Crippen molar-refractivity contribution in [2.75, 3.05) is 18.4 Å². The first-order chi connectivity index (χ1) is 14.8. The first-order valence-electron chi connectivity index (χ1n) is 10.2. The summed E-state index contributed by atoms with van der Waals surface area (Å²) in [6.07, 6.45) is 7.03. The van der Waals surface area contributed by atoms with Crippen LogP contribution in [0, 0.1) is 5.82 Å². The summed E-state index contributed by atoms with van der Waals surface area (Å²) in [5, 5.41) is 4.15. The Hall–Kier alpha value is -3.32. The highest BCUT2D eigenvalue weighted by molar-refractivity contribution is 5.90. The summed E-state index contributed by atoms with van der Waals surface area (Å²) in [7, 11) is 0. The molecule has 0 atom stereocenters. The number of piperidine rings is 1. The average Bonchev–Trinajstić information content (AvgIpc) is 3.28. The normalized spacial score (nSPS) is 15.5. The molecule has 0 amide bonds. The van der Waals surface area contributed by atoms with Crippen molar-refractivity contribution in [3.05, 3.63) is 78.4 Å². The van der Waals surface area contributed by atoms with E-state index in [0.29, 0.717) is 11.5 Å². The number of H-pyrrole nitrogens is 1. The van der Waals surface area contributed by atoms with Crippen LogP contribution < -0.4 is 5.32 Å². The summed E-state index contributed by atoms with van der Waals surface area (Å²) < 4.78 is 15.0. The Kier molecular flexibility index (Phi) is 5.11. The van der Waals surface area contributed by atoms with Crippen molar-refractivity contribution < 1.29 is 4.39 Å². The number of hydrogen-bond acceptors (Lipinski definition) is 5. The maximum absolute atomic E-state index is 15.0. The number of hydrogen-bond donors (Lipinski definition) is 2. The molecule has 1 aliphatic heterocycles. The van der Waals surface area contributed by atoms with Crippen LogP contribution in [0.4, 0.5) is 15.9 Å². The molecule has 1 aliphatic rings. The topological polar surface area (TPSA) is 69.7 Å². The minimum atomic E-state index is -0.164. The summed E-state index contributed by atoms with van der Waals surface area (Å²) >= 11 is 0. The molecule has 6 nitrogen and oxygen atoms in total. The average molecular weight is 402 g/mol. The number of rotatable bonds is 5. The van der Waals surface area contributed by atoms with Crippen LogP contribution in [0.3, 0.4) is 0 Å². The highest BCUT2D eigenvalue weighted by Crippen LogP contribution is 2.32. The van der Waals surface area contributed by atoms with Gasteiger partial charge in [-0.1, -0.05) is 18.2 Å². The Labute approximate surface area is 174 Å². The Morgan fingerprint density at radius 2 is 1.93 bits per heavy atom. The van der Waals surface area contributed by atoms with Gasteiger partial charge in [-0.3, -0.25) is 4.90 Å². The van der Waals surface area contributed by atoms with Gasteiger partial charge in [0.25, 0.3) is 0 Å². The quantitative estimate of drug-likeness (QED) is 0.510. The van der Waals surface area contributed by atoms with Gasteiger partial charge in [-0.2, -0.15) is 0 Å². The second kappa shape index (κ2) is 8.20. The third-order valence-corrected chi connectivity index (χ3v) is 5.76. The number of imidazole rings is 1. The Morgan fingerprint density at radius 1 is 1.07 bits per heavy atom. The zero-order valence-electron chi connectivity index (χ0n) is 16.6. The van der Waals surface area contributed by atoms with Crippen molar-refractivity contribution in [3.63, 3.8) is 0 Å². The van der Waals surface area contributed by atoms with Gasteiger partial charge in [0.2, 0.25) is 0 Å². The van der Waals surface area contributed by atoms with E-state index in [2.05, 4.69) is 30.2 Å². The molecule has 2 aromatic carbocycles. The summed E-state index contributed by atoms with van der Waals surface area (Å²) in [4.78, 5) is 18.4. The second-order valence-electron chi connectivity index (χ2n) is 7.69. The van der Waals surface area contributed by atoms with Crippen LogP contribution in [0.2, 0.25) is 0 Å². The number of fused-ring (bicyclic) bond motifs is 1. The van der Waals surface area contributed by atoms with Crippen molar-refractivity contribution in [1.29, 1.82) is 0 Å². The van der Waals surface area contributed by atoms with E-state index in [1.807, 2.05) is 42.6 Å². The van der Waals surface area contributed by atoms with Gasteiger partial charge in [-0.25, -0.2) is 19.3 Å². The van der Waals surface area contributed by atoms with Crippen molar-refractivity contribution in [2.45, 2.75) is 25.3 Å². The lowest BCUT2D eigenvalue weighted by Gasteiger charge is -2.31. The lowest BCUT2D eigenvalue weighted by atomic mass is 9.89. The lowest BCUT2D eigenvalue weighted by molar-refractivity contribution is 0.199. The molecular formula is C23H23FN6. The third-order valence-electron chi connectivity index (χ3n) is 5.76. The van der Waals surface area contributed by atoms with Gasteiger partial charge in [0.1, 0.15) is 23.8 Å². The Morgan fingerprint density at radius 3 is 2.73 bits per heavy atom. The Balaban J connectivity index is 1.27. The van der Waals surface area contributed by atoms with E-state index >= 15 is 0 Å². The van der Waals surface area contributed by atoms with E-state index in [4.69, 9.17) is 0 Å². The van der Waals surface area contributed by atoms with Gasteiger partial charge in [-0.15, -0.1) is 0 Å². The molecule has 0 aliphatic carbocycles. The first-order valence-corrected chi connectivity index (χ1v) is 10.2. The molecule has 0 radical (unpaired) electrons. The van der Waals surface area contributed by atoms with E-state index in [1.165, 1.54) is 6.33 Å². The second-order valence-corrected chi connectivity index (χ2v) is 7.69. The van der Waals surface area contributed by atoms with E-state index in [-0.39, 0.29) is 11.7 Å². The van der Waals surface area contributed by atoms with Crippen LogP contribution in [-0.4, -0.2) is 37.9 Å². The standard InChI is InChI=1S/C23H23FN6/c24-20-13-17(29-23-19-3-1-2-4-21(19)27-15-28-23)5-6-18(20)16-7-11-30(12-8-16)14-22-25-9-10-26-22/h1-6,9-10,13,15-16H,7-8,11-12,14H2,(H,25,26)(H,27,28,29). The molecular weight excluding hydrogens is 379 g/mol. The van der Waals surface area contributed by atoms with Gasteiger partial charge < -0.3 is 10.3 Å². The third kappa shape index (κ3) is 3.89. The fourth-order valence-corrected chi connectivity index (χ4v) is 4.18. The molecule has 0 saturated carbocycles. The minimum absolute atomic E-state index is 0.164. The smallest absolute Gasteiger partial charge is 0.141 e. The van der Waals surface area contributed by atoms with Crippen LogP contribution in [0.5, 0.6) is 0 Å². The van der Waals surface area contributed by atoms with Gasteiger partial charge in [0, 0.05) is 23.5 Å². The molecule has 1 saturated heterocycles. The van der Waals surface area contributed by atoms with Crippen molar-refractivity contribution >= 4 is 22.4 Å². The summed E-state index contributed by atoms with van der Waals surface area (Å²) in [5.74, 6) is 1.74. The largest absolute Gasteiger partial charge is 0.348 e. The molecule has 5 rings (SSSR count). The minimum Gasteiger partial charge on any atom is -0.348 e. The molecule has 1 fully saturated rings. The van der Waals surface area contributed by atoms with Crippen LogP contribution in [0.25, 0.3) is 10.9 Å². The summed E-state index contributed by atoms with van der Waals surface area (Å²) in [5.41, 5.74) is 2.34. The molecule has 0 bridgehead atoms. The van der Waals surface area contributed by atoms with Crippen molar-refractivity contribution in [3.8, 4) is 0 Å². The summed E-state index contributed by atoms with van der Waals surface area (Å²) in [6.45, 7) is 2.70. The number of nitrogens with zero attached hydrogens (tertiary/aromatic N) is 4. The maximum atomic E-state index is 15.0. The van der Waals surface area contributed by atoms with E-state index < -0.39 is 0 Å². The molecule has 3 heterocycles. The maximum Gasteiger partial charge on any atom is 0.141 e. The number of aromatic nitrogens is 4. The van der Waals surface area contributed by atoms with Gasteiger partial charge in [-0.05, 0) is 61.7 Å². The van der Waals surface area contributed by atoms with Gasteiger partial charge >= 0.3 is 0 Å². The fraction of sp³-hybridized carbons (Fsp3) is 0.261. The lowest BCUT2D eigenvalue weighted by Crippen LogP contribution is -2.33. The Bertz CT molecular complexity index is 1130. The molecule has 152 valence electrons. The van der Waals surface area contributed by atoms with E-state index in [1.54, 1.807) is 12.3 Å². The molecule has 2 aromatic heterocycles. The number of nitrogens with one attached hydrogen (secondary N) is 2. The van der Waals surface area contributed by atoms with Crippen LogP contribution in [0.1, 0.15) is 30.1 Å². The molecule has 0 spiro atoms. The predicted octanol–water partition coefficient (Wildman–Crippen LogP) is 4.62. The number of para-hydroxylation sites is 1. The van der Waals surface area contributed by atoms with Crippen LogP contribution in [-0.2, 0) is 6.54 Å². The zero-order valence-corrected chi connectivity index (χ0v) is 16.6. The molecule has 4 aromatic rings. The molecule has 7 heteroatoms. The first kappa shape index (κ1) is 18.7. The van der Waals surface area contributed by atoms with Gasteiger partial charge in [0.05, 0.1) is 12.1 Å². The number of anilines is 2. The van der Waals surface area contributed by atoms with Crippen LogP contribution in [0.15, 0.2) is 61.2 Å². The highest BCUT2D eigenvalue weighted by atomic mass is 19.1. The molecule has 2 N–H and O–H groups in total. The number of aromatic amines is 1. The monoisotopic (exact) mass is 402 g/mol. The predicted molar refractivity (Wildman–Crippen MR) is 115 cm³/mol. The molecule has 0 unspecified atom stereocenters. The van der Waals surface area contributed by atoms with E-state index in [0.717, 1.165) is 54.8 Å². The van der Waals surface area contributed by atoms with Crippen molar-refractivity contribution in [1.82, 2.24) is 24.8 Å². The highest BCUT2D eigenvalue weighted by Gasteiger charge is 2.23. The zero-order chi connectivity index (χ0) is 20.3. The fourth-order valence-electron chi connectivity index (χ4n) is 4.18. The number of benzene rings is 2. The number of likely N-dealkylation sites (tertiary alicyclic amines) is 1. The molecule has 30 heavy (non-hydrogen) atoms. The SMILES string of the molecule is Fc1cc(Nc2ncnc3ccccc23)ccc1C1CCN(Cc2ncc[nH]2)CC1. The summed E-state index contributed by atoms with van der Waals surface area (Å²) in [6, 6.07) is 13.2. The van der Waals surface area contributed by atoms with Crippen LogP contribution >= 0.6 is 0 Å². The van der Waals surface area contributed by atoms with E-state index in [9.17, 15) is 4.39 Å².